The molecule has 2 N–H and O–H groups in total. The van der Waals surface area contributed by atoms with Gasteiger partial charge < -0.3 is 24.5 Å². The molecule has 1 aromatic heterocycles. The zero-order chi connectivity index (χ0) is 21.3. The van der Waals surface area contributed by atoms with Gasteiger partial charge in [-0.2, -0.15) is 0 Å². The van der Waals surface area contributed by atoms with Crippen LogP contribution in [0, 0.1) is 6.92 Å². The van der Waals surface area contributed by atoms with Crippen LogP contribution in [0.2, 0.25) is 0 Å². The number of benzene rings is 2. The summed E-state index contributed by atoms with van der Waals surface area (Å²) in [7, 11) is 0. The van der Waals surface area contributed by atoms with Crippen LogP contribution in [0.15, 0.2) is 63.7 Å². The Bertz CT molecular complexity index is 956. The normalized spacial score (nSPS) is 10.6. The van der Waals surface area contributed by atoms with Gasteiger partial charge >= 0.3 is 0 Å². The number of carbonyl (C=O) groups excluding carboxylic acids is 1. The highest BCUT2D eigenvalue weighted by Crippen LogP contribution is 2.34. The van der Waals surface area contributed by atoms with Crippen molar-refractivity contribution in [3.8, 4) is 11.5 Å². The fourth-order valence-electron chi connectivity index (χ4n) is 2.80. The summed E-state index contributed by atoms with van der Waals surface area (Å²) in [5, 5.41) is 6.15. The summed E-state index contributed by atoms with van der Waals surface area (Å²) >= 11 is 3.58. The molecule has 3 rings (SSSR count). The molecule has 0 aliphatic heterocycles. The number of hydrogen-bond donors (Lipinski definition) is 2. The molecule has 7 heteroatoms. The summed E-state index contributed by atoms with van der Waals surface area (Å²) in [6.45, 7) is 5.53. The smallest absolute Gasteiger partial charge is 0.262 e. The fourth-order valence-corrected chi connectivity index (χ4v) is 3.27. The molecule has 0 radical (unpaired) electrons. The van der Waals surface area contributed by atoms with Gasteiger partial charge in [-0.25, -0.2) is 0 Å². The Labute approximate surface area is 184 Å². The van der Waals surface area contributed by atoms with E-state index in [0.717, 1.165) is 27.0 Å². The van der Waals surface area contributed by atoms with Crippen molar-refractivity contribution in [2.24, 2.45) is 0 Å². The summed E-state index contributed by atoms with van der Waals surface area (Å²) in [6, 6.07) is 15.1. The van der Waals surface area contributed by atoms with E-state index < -0.39 is 0 Å². The Morgan fingerprint density at radius 2 is 1.83 bits per heavy atom. The number of carbonyl (C=O) groups is 1. The molecule has 0 spiro atoms. The van der Waals surface area contributed by atoms with Crippen LogP contribution < -0.4 is 20.1 Å². The summed E-state index contributed by atoms with van der Waals surface area (Å²) in [4.78, 5) is 12.2. The third-order valence-corrected chi connectivity index (χ3v) is 5.04. The number of ether oxygens (including phenoxy) is 2. The lowest BCUT2D eigenvalue weighted by molar-refractivity contribution is -0.118. The molecule has 0 aliphatic rings. The van der Waals surface area contributed by atoms with Crippen LogP contribution in [-0.2, 0) is 17.9 Å². The maximum Gasteiger partial charge on any atom is 0.262 e. The van der Waals surface area contributed by atoms with Crippen molar-refractivity contribution in [3.63, 3.8) is 0 Å². The predicted molar refractivity (Wildman–Crippen MR) is 120 cm³/mol. The molecule has 30 heavy (non-hydrogen) atoms. The topological polar surface area (TPSA) is 72.7 Å². The third kappa shape index (κ3) is 6.37. The molecule has 0 saturated heterocycles. The molecule has 0 bridgehead atoms. The molecule has 158 valence electrons. The van der Waals surface area contributed by atoms with Gasteiger partial charge in [0, 0.05) is 16.7 Å². The van der Waals surface area contributed by atoms with Crippen LogP contribution in [0.1, 0.15) is 23.8 Å². The van der Waals surface area contributed by atoms with Crippen molar-refractivity contribution in [3.05, 3.63) is 76.2 Å². The van der Waals surface area contributed by atoms with E-state index in [0.29, 0.717) is 31.2 Å². The highest BCUT2D eigenvalue weighted by Gasteiger charge is 2.13. The zero-order valence-corrected chi connectivity index (χ0v) is 18.6. The second-order valence-corrected chi connectivity index (χ2v) is 7.56. The molecule has 0 fully saturated rings. The van der Waals surface area contributed by atoms with E-state index in [4.69, 9.17) is 13.9 Å². The van der Waals surface area contributed by atoms with Crippen molar-refractivity contribution < 1.29 is 18.7 Å². The van der Waals surface area contributed by atoms with Gasteiger partial charge in [-0.05, 0) is 55.8 Å². The number of aryl methyl sites for hydroxylation is 1. The monoisotopic (exact) mass is 472 g/mol. The summed E-state index contributed by atoms with van der Waals surface area (Å²) in [5.74, 6) is 1.74. The molecule has 3 aromatic rings. The molecule has 1 amide bonds. The van der Waals surface area contributed by atoms with Crippen LogP contribution in [0.25, 0.3) is 0 Å². The Balaban J connectivity index is 1.60. The number of amides is 1. The lowest BCUT2D eigenvalue weighted by atomic mass is 10.2. The van der Waals surface area contributed by atoms with Gasteiger partial charge in [0.15, 0.2) is 18.1 Å². The first-order valence-corrected chi connectivity index (χ1v) is 10.5. The molecule has 0 saturated carbocycles. The molecule has 0 atom stereocenters. The van der Waals surface area contributed by atoms with E-state index in [9.17, 15) is 4.79 Å². The van der Waals surface area contributed by atoms with Crippen LogP contribution in [0.4, 0.5) is 5.69 Å². The first kappa shape index (κ1) is 21.9. The zero-order valence-electron chi connectivity index (χ0n) is 17.0. The molecular formula is C23H25BrN2O4. The quantitative estimate of drug-likeness (QED) is 0.431. The van der Waals surface area contributed by atoms with Gasteiger partial charge in [0.2, 0.25) is 0 Å². The average Bonchev–Trinajstić information content (AvgIpc) is 3.24. The van der Waals surface area contributed by atoms with Crippen LogP contribution >= 0.6 is 15.9 Å². The second-order valence-electron chi connectivity index (χ2n) is 6.71. The fraction of sp³-hybridized carbons (Fsp3) is 0.261. The van der Waals surface area contributed by atoms with E-state index in [1.54, 1.807) is 6.26 Å². The number of furan rings is 1. The largest absolute Gasteiger partial charge is 0.490 e. The highest BCUT2D eigenvalue weighted by molar-refractivity contribution is 9.10. The minimum atomic E-state index is -0.235. The first-order valence-electron chi connectivity index (χ1n) is 9.72. The standard InChI is InChI=1S/C23H25BrN2O4/c1-3-28-21-11-17(13-25-14-19-5-4-10-29-19)20(24)12-22(21)30-15-23(27)26-18-8-6-16(2)7-9-18/h4-12,25H,3,13-15H2,1-2H3,(H,26,27). The van der Waals surface area contributed by atoms with E-state index in [1.807, 2.05) is 62.4 Å². The predicted octanol–water partition coefficient (Wildman–Crippen LogP) is 5.06. The Morgan fingerprint density at radius 3 is 2.53 bits per heavy atom. The molecule has 0 aliphatic carbocycles. The maximum atomic E-state index is 12.2. The van der Waals surface area contributed by atoms with E-state index in [-0.39, 0.29) is 12.5 Å². The molecular weight excluding hydrogens is 448 g/mol. The number of halogens is 1. The number of hydrogen-bond acceptors (Lipinski definition) is 5. The van der Waals surface area contributed by atoms with E-state index >= 15 is 0 Å². The molecule has 0 unspecified atom stereocenters. The number of nitrogens with one attached hydrogen (secondary N) is 2. The van der Waals surface area contributed by atoms with E-state index in [2.05, 4.69) is 26.6 Å². The van der Waals surface area contributed by atoms with Gasteiger partial charge in [0.25, 0.3) is 5.91 Å². The van der Waals surface area contributed by atoms with Gasteiger partial charge in [-0.1, -0.05) is 33.6 Å². The Kier molecular flexibility index (Phi) is 7.93. The summed E-state index contributed by atoms with van der Waals surface area (Å²) in [6.07, 6.45) is 1.65. The molecule has 1 heterocycles. The number of anilines is 1. The van der Waals surface area contributed by atoms with Crippen molar-refractivity contribution in [2.75, 3.05) is 18.5 Å². The Morgan fingerprint density at radius 1 is 1.07 bits per heavy atom. The third-order valence-electron chi connectivity index (χ3n) is 4.30. The first-order chi connectivity index (χ1) is 14.5. The minimum absolute atomic E-state index is 0.115. The second kappa shape index (κ2) is 10.8. The van der Waals surface area contributed by atoms with Gasteiger partial charge in [-0.15, -0.1) is 0 Å². The lowest BCUT2D eigenvalue weighted by Crippen LogP contribution is -2.20. The van der Waals surface area contributed by atoms with Crippen molar-refractivity contribution >= 4 is 27.5 Å². The number of rotatable bonds is 10. The van der Waals surface area contributed by atoms with Gasteiger partial charge in [0.1, 0.15) is 5.76 Å². The Hall–Kier alpha value is -2.77. The van der Waals surface area contributed by atoms with Crippen molar-refractivity contribution in [2.45, 2.75) is 26.9 Å². The SMILES string of the molecule is CCOc1cc(CNCc2ccco2)c(Br)cc1OCC(=O)Nc1ccc(C)cc1. The van der Waals surface area contributed by atoms with Crippen molar-refractivity contribution in [1.82, 2.24) is 5.32 Å². The van der Waals surface area contributed by atoms with Crippen LogP contribution in [0.5, 0.6) is 11.5 Å². The van der Waals surface area contributed by atoms with Crippen molar-refractivity contribution in [1.29, 1.82) is 0 Å². The summed E-state index contributed by atoms with van der Waals surface area (Å²) < 4.78 is 17.7. The highest BCUT2D eigenvalue weighted by atomic mass is 79.9. The average molecular weight is 473 g/mol. The maximum absolute atomic E-state index is 12.2. The van der Waals surface area contributed by atoms with Gasteiger partial charge in [-0.3, -0.25) is 4.79 Å². The molecule has 6 nitrogen and oxygen atoms in total. The van der Waals surface area contributed by atoms with E-state index in [1.165, 1.54) is 0 Å². The lowest BCUT2D eigenvalue weighted by Gasteiger charge is -2.15. The van der Waals surface area contributed by atoms with Crippen LogP contribution in [0.3, 0.4) is 0 Å². The van der Waals surface area contributed by atoms with Crippen LogP contribution in [-0.4, -0.2) is 19.1 Å². The van der Waals surface area contributed by atoms with Gasteiger partial charge in [0.05, 0.1) is 19.4 Å². The molecule has 2 aromatic carbocycles. The summed E-state index contributed by atoms with van der Waals surface area (Å²) in [5.41, 5.74) is 2.88. The minimum Gasteiger partial charge on any atom is -0.490 e.